The second-order valence-corrected chi connectivity index (χ2v) is 7.62. The lowest BCUT2D eigenvalue weighted by molar-refractivity contribution is -0.885. The minimum Gasteiger partial charge on any atom is -0.326 e. The molecule has 4 nitrogen and oxygen atoms in total. The highest BCUT2D eigenvalue weighted by atomic mass is 35.5. The Bertz CT molecular complexity index is 1000. The van der Waals surface area contributed by atoms with E-state index < -0.39 is 0 Å². The SMILES string of the molecule is Cc1ccc2cc(C[NH+](C)CC(=O)Nc3ccccc3Cl)c(Cl)nc2c1C. The molecule has 2 aromatic carbocycles. The number of para-hydroxylation sites is 1. The van der Waals surface area contributed by atoms with Gasteiger partial charge in [0.25, 0.3) is 5.91 Å². The fraction of sp³-hybridized carbons (Fsp3) is 0.238. The van der Waals surface area contributed by atoms with Gasteiger partial charge in [-0.1, -0.05) is 47.5 Å². The van der Waals surface area contributed by atoms with Crippen LogP contribution in [0.4, 0.5) is 5.69 Å². The minimum absolute atomic E-state index is 0.100. The van der Waals surface area contributed by atoms with Crippen LogP contribution in [0.3, 0.4) is 0 Å². The van der Waals surface area contributed by atoms with Crippen LogP contribution >= 0.6 is 23.2 Å². The molecule has 1 atom stereocenters. The highest BCUT2D eigenvalue weighted by Gasteiger charge is 2.15. The van der Waals surface area contributed by atoms with E-state index in [1.807, 2.05) is 19.2 Å². The Morgan fingerprint density at radius 3 is 2.63 bits per heavy atom. The first kappa shape index (κ1) is 19.6. The van der Waals surface area contributed by atoms with E-state index in [4.69, 9.17) is 23.2 Å². The molecule has 1 aromatic heterocycles. The van der Waals surface area contributed by atoms with Crippen molar-refractivity contribution in [3.8, 4) is 0 Å². The van der Waals surface area contributed by atoms with Crippen LogP contribution in [0, 0.1) is 13.8 Å². The first-order valence-corrected chi connectivity index (χ1v) is 9.51. The summed E-state index contributed by atoms with van der Waals surface area (Å²) in [6, 6.07) is 13.4. The van der Waals surface area contributed by atoms with Gasteiger partial charge >= 0.3 is 0 Å². The highest BCUT2D eigenvalue weighted by Crippen LogP contribution is 2.24. The molecule has 0 fully saturated rings. The number of aryl methyl sites for hydroxylation is 2. The Morgan fingerprint density at radius 1 is 1.15 bits per heavy atom. The van der Waals surface area contributed by atoms with Crippen LogP contribution in [0.2, 0.25) is 10.2 Å². The van der Waals surface area contributed by atoms with Crippen LogP contribution in [-0.2, 0) is 11.3 Å². The first-order chi connectivity index (χ1) is 12.8. The molecule has 2 N–H and O–H groups in total. The average Bonchev–Trinajstić information content (AvgIpc) is 2.61. The number of pyridine rings is 1. The Balaban J connectivity index is 1.71. The van der Waals surface area contributed by atoms with E-state index in [-0.39, 0.29) is 5.91 Å². The van der Waals surface area contributed by atoms with E-state index in [0.29, 0.717) is 29.0 Å². The second kappa shape index (κ2) is 8.26. The molecule has 0 saturated heterocycles. The van der Waals surface area contributed by atoms with Crippen LogP contribution in [0.5, 0.6) is 0 Å². The number of anilines is 1. The van der Waals surface area contributed by atoms with Gasteiger partial charge < -0.3 is 10.2 Å². The zero-order valence-corrected chi connectivity index (χ0v) is 17.1. The van der Waals surface area contributed by atoms with Crippen LogP contribution in [0.25, 0.3) is 10.9 Å². The topological polar surface area (TPSA) is 46.4 Å². The molecular formula is C21H22Cl2N3O+. The van der Waals surface area contributed by atoms with Crippen LogP contribution in [0.1, 0.15) is 16.7 Å². The summed E-state index contributed by atoms with van der Waals surface area (Å²) in [5.41, 5.74) is 4.81. The van der Waals surface area contributed by atoms with Gasteiger partial charge in [0.1, 0.15) is 11.7 Å². The van der Waals surface area contributed by atoms with Gasteiger partial charge in [-0.2, -0.15) is 0 Å². The highest BCUT2D eigenvalue weighted by molar-refractivity contribution is 6.33. The van der Waals surface area contributed by atoms with Gasteiger partial charge in [-0.05, 0) is 43.2 Å². The number of aromatic nitrogens is 1. The number of carbonyl (C=O) groups excluding carboxylic acids is 1. The molecule has 3 aromatic rings. The summed E-state index contributed by atoms with van der Waals surface area (Å²) in [6.45, 7) is 5.02. The maximum Gasteiger partial charge on any atom is 0.279 e. The van der Waals surface area contributed by atoms with Crippen molar-refractivity contribution in [3.63, 3.8) is 0 Å². The lowest BCUT2D eigenvalue weighted by Crippen LogP contribution is -3.08. The molecule has 1 amide bonds. The summed E-state index contributed by atoms with van der Waals surface area (Å²) in [5.74, 6) is -0.100. The van der Waals surface area contributed by atoms with Gasteiger partial charge in [-0.15, -0.1) is 0 Å². The quantitative estimate of drug-likeness (QED) is 0.637. The third-order valence-electron chi connectivity index (χ3n) is 4.64. The zero-order valence-electron chi connectivity index (χ0n) is 15.6. The van der Waals surface area contributed by atoms with Gasteiger partial charge in [0.05, 0.1) is 23.3 Å². The number of halogens is 2. The second-order valence-electron chi connectivity index (χ2n) is 6.86. The van der Waals surface area contributed by atoms with Crippen molar-refractivity contribution in [1.29, 1.82) is 0 Å². The van der Waals surface area contributed by atoms with Gasteiger partial charge in [-0.3, -0.25) is 4.79 Å². The number of benzene rings is 2. The lowest BCUT2D eigenvalue weighted by Gasteiger charge is -2.16. The maximum atomic E-state index is 12.3. The van der Waals surface area contributed by atoms with Crippen molar-refractivity contribution in [3.05, 3.63) is 69.3 Å². The van der Waals surface area contributed by atoms with E-state index in [0.717, 1.165) is 26.9 Å². The molecule has 0 aliphatic carbocycles. The lowest BCUT2D eigenvalue weighted by atomic mass is 10.0. The monoisotopic (exact) mass is 402 g/mol. The molecule has 0 spiro atoms. The molecule has 140 valence electrons. The summed E-state index contributed by atoms with van der Waals surface area (Å²) < 4.78 is 0. The van der Waals surface area contributed by atoms with E-state index in [2.05, 4.69) is 42.3 Å². The number of nitrogens with one attached hydrogen (secondary N) is 2. The minimum atomic E-state index is -0.100. The molecule has 27 heavy (non-hydrogen) atoms. The molecule has 1 heterocycles. The number of rotatable bonds is 5. The molecule has 1 unspecified atom stereocenters. The van der Waals surface area contributed by atoms with Crippen molar-refractivity contribution in [1.82, 2.24) is 4.98 Å². The first-order valence-electron chi connectivity index (χ1n) is 8.76. The maximum absolute atomic E-state index is 12.3. The molecule has 0 aliphatic rings. The van der Waals surface area contributed by atoms with Gasteiger partial charge in [0, 0.05) is 10.9 Å². The molecule has 6 heteroatoms. The average molecular weight is 403 g/mol. The number of nitrogens with zero attached hydrogens (tertiary/aromatic N) is 1. The number of hydrogen-bond acceptors (Lipinski definition) is 2. The Kier molecular flexibility index (Phi) is 6.00. The molecular weight excluding hydrogens is 381 g/mol. The Morgan fingerprint density at radius 2 is 1.89 bits per heavy atom. The van der Waals surface area contributed by atoms with E-state index in [1.165, 1.54) is 5.56 Å². The van der Waals surface area contributed by atoms with Crippen molar-refractivity contribution < 1.29 is 9.69 Å². The summed E-state index contributed by atoms with van der Waals surface area (Å²) in [7, 11) is 1.95. The predicted molar refractivity (Wildman–Crippen MR) is 112 cm³/mol. The van der Waals surface area contributed by atoms with Crippen LogP contribution in [-0.4, -0.2) is 24.5 Å². The fourth-order valence-corrected chi connectivity index (χ4v) is 3.44. The molecule has 0 radical (unpaired) electrons. The zero-order chi connectivity index (χ0) is 19.6. The van der Waals surface area contributed by atoms with E-state index >= 15 is 0 Å². The number of carbonyl (C=O) groups is 1. The normalized spacial score (nSPS) is 12.2. The Labute approximate surface area is 169 Å². The van der Waals surface area contributed by atoms with Crippen molar-refractivity contribution in [2.75, 3.05) is 18.9 Å². The summed E-state index contributed by atoms with van der Waals surface area (Å²) in [6.07, 6.45) is 0. The molecule has 0 saturated carbocycles. The molecule has 0 aliphatic heterocycles. The standard InChI is InChI=1S/C21H21Cl2N3O/c1-13-8-9-15-10-16(21(23)25-20(15)14(13)2)11-26(3)12-19(27)24-18-7-5-4-6-17(18)22/h4-10H,11-12H2,1-3H3,(H,24,27)/p+1. The summed E-state index contributed by atoms with van der Waals surface area (Å²) in [5, 5.41) is 4.92. The molecule has 3 rings (SSSR count). The third-order valence-corrected chi connectivity index (χ3v) is 5.30. The van der Waals surface area contributed by atoms with Crippen LogP contribution < -0.4 is 10.2 Å². The number of quaternary nitrogens is 1. The molecule has 0 bridgehead atoms. The van der Waals surface area contributed by atoms with Gasteiger partial charge in [0.2, 0.25) is 0 Å². The smallest absolute Gasteiger partial charge is 0.279 e. The van der Waals surface area contributed by atoms with Gasteiger partial charge in [-0.25, -0.2) is 4.98 Å². The van der Waals surface area contributed by atoms with E-state index in [1.54, 1.807) is 12.1 Å². The summed E-state index contributed by atoms with van der Waals surface area (Å²) >= 11 is 12.5. The number of likely N-dealkylation sites (N-methyl/N-ethyl adjacent to an activating group) is 1. The fourth-order valence-electron chi connectivity index (χ4n) is 3.05. The number of hydrogen-bond donors (Lipinski definition) is 2. The van der Waals surface area contributed by atoms with Crippen molar-refractivity contribution in [2.24, 2.45) is 0 Å². The van der Waals surface area contributed by atoms with Gasteiger partial charge in [0.15, 0.2) is 6.54 Å². The largest absolute Gasteiger partial charge is 0.326 e. The predicted octanol–water partition coefficient (Wildman–Crippen LogP) is 3.81. The van der Waals surface area contributed by atoms with E-state index in [9.17, 15) is 4.79 Å². The third kappa shape index (κ3) is 4.59. The number of amides is 1. The summed E-state index contributed by atoms with van der Waals surface area (Å²) in [4.78, 5) is 17.9. The van der Waals surface area contributed by atoms with Crippen molar-refractivity contribution in [2.45, 2.75) is 20.4 Å². The Hall–Kier alpha value is -2.14. The van der Waals surface area contributed by atoms with Crippen molar-refractivity contribution >= 4 is 45.7 Å². The number of fused-ring (bicyclic) bond motifs is 1. The van der Waals surface area contributed by atoms with Crippen LogP contribution in [0.15, 0.2) is 42.5 Å².